The van der Waals surface area contributed by atoms with E-state index in [4.69, 9.17) is 4.74 Å². The lowest BCUT2D eigenvalue weighted by molar-refractivity contribution is 0.0732. The number of hydrogen-bond acceptors (Lipinski definition) is 18. The largest absolute Gasteiger partial charge is 0.378 e. The van der Waals surface area contributed by atoms with Crippen LogP contribution in [0.4, 0.5) is 17.6 Å². The molecule has 0 spiro atoms. The molecular weight excluding hydrogens is 1080 g/mol. The van der Waals surface area contributed by atoms with Crippen molar-refractivity contribution in [2.24, 2.45) is 21.1 Å². The van der Waals surface area contributed by atoms with E-state index in [0.717, 1.165) is 42.3 Å². The van der Waals surface area contributed by atoms with E-state index in [-0.39, 0.29) is 34.4 Å². The van der Waals surface area contributed by atoms with Crippen LogP contribution in [0.2, 0.25) is 0 Å². The second kappa shape index (κ2) is 25.7. The zero-order valence-corrected chi connectivity index (χ0v) is 48.8. The summed E-state index contributed by atoms with van der Waals surface area (Å²) >= 11 is 0. The summed E-state index contributed by atoms with van der Waals surface area (Å²) in [6.45, 7) is 13.9. The fourth-order valence-corrected chi connectivity index (χ4v) is 10.8. The number of pyridine rings is 1. The first-order valence-electron chi connectivity index (χ1n) is 28.2. The van der Waals surface area contributed by atoms with Gasteiger partial charge in [-0.2, -0.15) is 15.3 Å². The molecule has 24 heteroatoms. The number of carbonyl (C=O) groups excluding carboxylic acids is 3. The van der Waals surface area contributed by atoms with E-state index in [1.165, 1.54) is 19.6 Å². The number of methoxy groups -OCH3 is 1. The van der Waals surface area contributed by atoms with Crippen LogP contribution < -0.4 is 31.4 Å². The van der Waals surface area contributed by atoms with Crippen molar-refractivity contribution in [1.82, 2.24) is 69.0 Å². The number of nitrogens with zero attached hydrogens (tertiary/aromatic N) is 17. The van der Waals surface area contributed by atoms with Crippen molar-refractivity contribution in [3.05, 3.63) is 180 Å². The Morgan fingerprint density at radius 1 is 0.482 bits per heavy atom. The van der Waals surface area contributed by atoms with E-state index in [9.17, 15) is 28.8 Å². The maximum atomic E-state index is 13.2. The maximum absolute atomic E-state index is 13.2. The van der Waals surface area contributed by atoms with Gasteiger partial charge in [-0.3, -0.25) is 33.8 Å². The second-order valence-electron chi connectivity index (χ2n) is 20.9. The summed E-state index contributed by atoms with van der Waals surface area (Å²) in [6.07, 6.45) is 6.39. The lowest BCUT2D eigenvalue weighted by atomic mass is 10.1. The van der Waals surface area contributed by atoms with Gasteiger partial charge in [-0.25, -0.2) is 34.0 Å². The third kappa shape index (κ3) is 12.6. The highest BCUT2D eigenvalue weighted by Crippen LogP contribution is 2.24. The van der Waals surface area contributed by atoms with Gasteiger partial charge in [0.2, 0.25) is 11.9 Å². The molecular formula is C61H67N17O7. The quantitative estimate of drug-likeness (QED) is 0.198. The molecule has 3 aromatic carbocycles. The molecule has 0 atom stereocenters. The molecule has 438 valence electrons. The zero-order chi connectivity index (χ0) is 59.9. The first kappa shape index (κ1) is 58.4. The van der Waals surface area contributed by atoms with Gasteiger partial charge < -0.3 is 34.1 Å². The Kier molecular flexibility index (Phi) is 17.7. The summed E-state index contributed by atoms with van der Waals surface area (Å²) in [5, 5.41) is 16.1. The number of amides is 3. The van der Waals surface area contributed by atoms with Crippen LogP contribution >= 0.6 is 0 Å². The van der Waals surface area contributed by atoms with Crippen LogP contribution in [0.25, 0.3) is 32.3 Å². The predicted octanol–water partition coefficient (Wildman–Crippen LogP) is 3.99. The summed E-state index contributed by atoms with van der Waals surface area (Å²) < 4.78 is 8.83. The van der Waals surface area contributed by atoms with Gasteiger partial charge in [-0.05, 0) is 62.2 Å². The molecule has 3 aliphatic rings. The minimum atomic E-state index is -0.213. The van der Waals surface area contributed by atoms with E-state index in [0.29, 0.717) is 133 Å². The average molecular weight is 1150 g/mol. The van der Waals surface area contributed by atoms with Crippen molar-refractivity contribution in [3.63, 3.8) is 0 Å². The number of ether oxygens (including phenoxy) is 1. The van der Waals surface area contributed by atoms with Gasteiger partial charge in [-0.15, -0.1) is 0 Å². The molecule has 3 fully saturated rings. The summed E-state index contributed by atoms with van der Waals surface area (Å²) in [5.41, 5.74) is 5.42. The molecule has 6 aromatic heterocycles. The Morgan fingerprint density at radius 3 is 1.27 bits per heavy atom. The Bertz CT molecular complexity index is 4120. The van der Waals surface area contributed by atoms with Gasteiger partial charge in [0.1, 0.15) is 0 Å². The monoisotopic (exact) mass is 1150 g/mol. The third-order valence-electron chi connectivity index (χ3n) is 15.3. The molecule has 12 rings (SSSR count). The average Bonchev–Trinajstić information content (AvgIpc) is 2.65. The van der Waals surface area contributed by atoms with Gasteiger partial charge in [0.05, 0.1) is 40.3 Å². The van der Waals surface area contributed by atoms with E-state index in [1.807, 2.05) is 67.5 Å². The number of benzene rings is 3. The van der Waals surface area contributed by atoms with Gasteiger partial charge in [0.15, 0.2) is 17.1 Å². The van der Waals surface area contributed by atoms with E-state index in [2.05, 4.69) is 61.8 Å². The molecule has 85 heavy (non-hydrogen) atoms. The van der Waals surface area contributed by atoms with E-state index < -0.39 is 0 Å². The third-order valence-corrected chi connectivity index (χ3v) is 15.3. The van der Waals surface area contributed by atoms with Gasteiger partial charge in [-0.1, -0.05) is 61.5 Å². The number of anilines is 3. The smallest absolute Gasteiger partial charge is 0.275 e. The normalized spacial score (nSPS) is 14.5. The number of aryl methyl sites for hydroxylation is 6. The summed E-state index contributed by atoms with van der Waals surface area (Å²) in [4.78, 5) is 110. The highest BCUT2D eigenvalue weighted by Gasteiger charge is 2.30. The molecule has 0 bridgehead atoms. The Morgan fingerprint density at radius 2 is 0.871 bits per heavy atom. The molecule has 0 radical (unpaired) electrons. The number of hydrogen-bond donors (Lipinski definition) is 0. The first-order chi connectivity index (χ1) is 41.1. The summed E-state index contributed by atoms with van der Waals surface area (Å²) in [7, 11) is 6.34. The van der Waals surface area contributed by atoms with E-state index >= 15 is 0 Å². The molecule has 3 amide bonds. The van der Waals surface area contributed by atoms with Crippen LogP contribution in [0.1, 0.15) is 61.0 Å². The molecule has 9 aromatic rings. The van der Waals surface area contributed by atoms with E-state index in [1.54, 1.807) is 98.8 Å². The molecule has 0 unspecified atom stereocenters. The molecule has 0 N–H and O–H groups in total. The van der Waals surface area contributed by atoms with Gasteiger partial charge in [0.25, 0.3) is 34.4 Å². The summed E-state index contributed by atoms with van der Waals surface area (Å²) in [5.74, 6) is 0.874. The van der Waals surface area contributed by atoms with Crippen molar-refractivity contribution in [2.45, 2.75) is 33.8 Å². The predicted molar refractivity (Wildman–Crippen MR) is 323 cm³/mol. The van der Waals surface area contributed by atoms with Crippen LogP contribution in [-0.2, 0) is 38.9 Å². The minimum Gasteiger partial charge on any atom is -0.378 e. The van der Waals surface area contributed by atoms with Crippen LogP contribution in [0.3, 0.4) is 0 Å². The van der Waals surface area contributed by atoms with Crippen LogP contribution in [0.5, 0.6) is 0 Å². The lowest BCUT2D eigenvalue weighted by Crippen LogP contribution is -2.49. The highest BCUT2D eigenvalue weighted by molar-refractivity contribution is 6.06. The molecule has 0 aliphatic carbocycles. The van der Waals surface area contributed by atoms with Crippen molar-refractivity contribution < 1.29 is 19.1 Å². The number of aromatic nitrogens is 11. The Balaban J connectivity index is 0.000000142. The van der Waals surface area contributed by atoms with Crippen LogP contribution in [0.15, 0.2) is 124 Å². The zero-order valence-electron chi connectivity index (χ0n) is 48.8. The van der Waals surface area contributed by atoms with Crippen LogP contribution in [-0.4, -0.2) is 172 Å². The van der Waals surface area contributed by atoms with Gasteiger partial charge >= 0.3 is 0 Å². The maximum Gasteiger partial charge on any atom is 0.275 e. The first-order valence-corrected chi connectivity index (χ1v) is 28.2. The SMILES string of the molecule is CCc1ccncc1N1CCN(C(=O)c2nn(C)c(=O)c3ccccc23)CC1.COCc1ccnc(N2CCN(C(=O)c3nn(C)c(=O)c4ccccc34)CC2)n1.Cc1cc(C)nc(N2CCN(C(=O)c3nn(C)c(=O)c4ccccc34)CC2)n1. The molecule has 9 heterocycles. The summed E-state index contributed by atoms with van der Waals surface area (Å²) in [6, 6.07) is 27.2. The van der Waals surface area contributed by atoms with Crippen molar-refractivity contribution in [3.8, 4) is 0 Å². The fraction of sp³-hybridized carbons (Fsp3) is 0.344. The van der Waals surface area contributed by atoms with Crippen molar-refractivity contribution in [1.29, 1.82) is 0 Å². The topological polar surface area (TPSA) is 249 Å². The fourth-order valence-electron chi connectivity index (χ4n) is 10.8. The molecule has 3 aliphatic heterocycles. The second-order valence-corrected chi connectivity index (χ2v) is 20.9. The number of rotatable bonds is 9. The minimum absolute atomic E-state index is 0.131. The standard InChI is InChI=1S/C21H23N5O2.C20H22N6O3.C20H22N6O2/c1-3-15-8-9-22-14-18(15)25-10-12-26(13-11-25)21(28)19-16-6-4-5-7-17(16)20(27)24(2)23-19;1-24-18(27)16-6-4-3-5-15(16)17(23-24)19(28)25-9-11-26(12-10-25)20-21-8-7-14(22-20)13-29-2;1-13-12-14(2)22-20(21-13)26-10-8-25(9-11-26)19(28)17-15-6-4-5-7-16(15)18(27)24(3)23-17/h4-9,14H,3,10-13H2,1-2H3;3-8H,9-13H2,1-2H3;4-7,12H,8-11H2,1-3H3. The van der Waals surface area contributed by atoms with Gasteiger partial charge in [0, 0.05) is 147 Å². The molecule has 0 saturated carbocycles. The van der Waals surface area contributed by atoms with Crippen molar-refractivity contribution >= 4 is 67.6 Å². The number of piperazine rings is 3. The molecule has 3 saturated heterocycles. The lowest BCUT2D eigenvalue weighted by Gasteiger charge is -2.36. The Labute approximate surface area is 489 Å². The molecule has 24 nitrogen and oxygen atoms in total. The number of fused-ring (bicyclic) bond motifs is 3. The Hall–Kier alpha value is -9.84. The highest BCUT2D eigenvalue weighted by atomic mass is 16.5. The van der Waals surface area contributed by atoms with Crippen LogP contribution in [0, 0.1) is 13.8 Å². The number of carbonyl (C=O) groups is 3. The van der Waals surface area contributed by atoms with Crippen molar-refractivity contribution in [2.75, 3.05) is 100 Å².